The van der Waals surface area contributed by atoms with Crippen molar-refractivity contribution in [1.29, 1.82) is 0 Å². The van der Waals surface area contributed by atoms with Crippen molar-refractivity contribution in [2.75, 3.05) is 20.1 Å². The van der Waals surface area contributed by atoms with Gasteiger partial charge in [-0.3, -0.25) is 4.79 Å². The molecular formula is C14H19FN2O. The Kier molecular flexibility index (Phi) is 3.66. The summed E-state index contributed by atoms with van der Waals surface area (Å²) < 4.78 is 13.1. The van der Waals surface area contributed by atoms with Gasteiger partial charge < -0.3 is 10.6 Å². The number of nitrogens with two attached hydrogens (primary N) is 1. The highest BCUT2D eigenvalue weighted by molar-refractivity contribution is 5.94. The van der Waals surface area contributed by atoms with Crippen LogP contribution in [-0.4, -0.2) is 30.9 Å². The molecule has 1 aliphatic rings. The van der Waals surface area contributed by atoms with Crippen molar-refractivity contribution in [3.05, 3.63) is 35.6 Å². The quantitative estimate of drug-likeness (QED) is 0.888. The molecule has 0 aromatic heterocycles. The molecule has 1 saturated carbocycles. The Morgan fingerprint density at radius 1 is 1.50 bits per heavy atom. The maximum atomic E-state index is 13.1. The van der Waals surface area contributed by atoms with Crippen molar-refractivity contribution < 1.29 is 9.18 Å². The average Bonchev–Trinajstić information content (AvgIpc) is 2.32. The van der Waals surface area contributed by atoms with E-state index in [4.69, 9.17) is 5.73 Å². The van der Waals surface area contributed by atoms with E-state index in [0.29, 0.717) is 18.7 Å². The van der Waals surface area contributed by atoms with Gasteiger partial charge in [-0.05, 0) is 37.6 Å². The molecule has 98 valence electrons. The Morgan fingerprint density at radius 3 is 2.72 bits per heavy atom. The van der Waals surface area contributed by atoms with Crippen molar-refractivity contribution in [2.45, 2.75) is 19.3 Å². The topological polar surface area (TPSA) is 46.3 Å². The Hall–Kier alpha value is -1.42. The van der Waals surface area contributed by atoms with Gasteiger partial charge in [-0.1, -0.05) is 12.5 Å². The number of hydrogen-bond donors (Lipinski definition) is 1. The first-order valence-electron chi connectivity index (χ1n) is 6.27. The Balaban J connectivity index is 2.05. The van der Waals surface area contributed by atoms with E-state index in [-0.39, 0.29) is 17.1 Å². The number of halogens is 1. The van der Waals surface area contributed by atoms with E-state index in [1.54, 1.807) is 24.1 Å². The molecule has 0 radical (unpaired) electrons. The lowest BCUT2D eigenvalue weighted by atomic mass is 9.68. The Morgan fingerprint density at radius 2 is 2.22 bits per heavy atom. The molecule has 1 aromatic carbocycles. The SMILES string of the molecule is CN(CC1(CN)CCC1)C(=O)c1cccc(F)c1. The summed E-state index contributed by atoms with van der Waals surface area (Å²) in [5, 5.41) is 0. The Bertz CT molecular complexity index is 438. The van der Waals surface area contributed by atoms with Gasteiger partial charge in [-0.25, -0.2) is 4.39 Å². The van der Waals surface area contributed by atoms with Crippen LogP contribution in [0.4, 0.5) is 4.39 Å². The predicted molar refractivity (Wildman–Crippen MR) is 68.7 cm³/mol. The summed E-state index contributed by atoms with van der Waals surface area (Å²) in [7, 11) is 1.75. The maximum Gasteiger partial charge on any atom is 0.253 e. The van der Waals surface area contributed by atoms with Gasteiger partial charge in [0.25, 0.3) is 5.91 Å². The summed E-state index contributed by atoms with van der Waals surface area (Å²) in [6.07, 6.45) is 3.33. The van der Waals surface area contributed by atoms with Crippen LogP contribution in [0.3, 0.4) is 0 Å². The second-order valence-electron chi connectivity index (χ2n) is 5.23. The summed E-state index contributed by atoms with van der Waals surface area (Å²) in [6, 6.07) is 5.80. The monoisotopic (exact) mass is 250 g/mol. The van der Waals surface area contributed by atoms with E-state index in [2.05, 4.69) is 0 Å². The molecule has 4 heteroatoms. The number of benzene rings is 1. The molecule has 1 aromatic rings. The first-order valence-corrected chi connectivity index (χ1v) is 6.27. The fraction of sp³-hybridized carbons (Fsp3) is 0.500. The van der Waals surface area contributed by atoms with E-state index < -0.39 is 0 Å². The molecule has 2 rings (SSSR count). The van der Waals surface area contributed by atoms with Crippen LogP contribution >= 0.6 is 0 Å². The molecule has 18 heavy (non-hydrogen) atoms. The summed E-state index contributed by atoms with van der Waals surface area (Å²) in [5.74, 6) is -0.527. The Labute approximate surface area is 107 Å². The minimum absolute atomic E-state index is 0.0811. The van der Waals surface area contributed by atoms with E-state index in [0.717, 1.165) is 12.8 Å². The fourth-order valence-corrected chi connectivity index (χ4v) is 2.52. The molecule has 0 unspecified atom stereocenters. The van der Waals surface area contributed by atoms with E-state index in [1.165, 1.54) is 18.6 Å². The van der Waals surface area contributed by atoms with Crippen LogP contribution in [-0.2, 0) is 0 Å². The maximum absolute atomic E-state index is 13.1. The van der Waals surface area contributed by atoms with Crippen LogP contribution in [0.25, 0.3) is 0 Å². The molecule has 1 aliphatic carbocycles. The zero-order chi connectivity index (χ0) is 13.2. The van der Waals surface area contributed by atoms with Gasteiger partial charge in [0.15, 0.2) is 0 Å². The largest absolute Gasteiger partial charge is 0.341 e. The molecule has 1 fully saturated rings. The third kappa shape index (κ3) is 2.53. The zero-order valence-corrected chi connectivity index (χ0v) is 10.7. The number of amides is 1. The number of hydrogen-bond acceptors (Lipinski definition) is 2. The van der Waals surface area contributed by atoms with Gasteiger partial charge in [-0.15, -0.1) is 0 Å². The summed E-state index contributed by atoms with van der Waals surface area (Å²) >= 11 is 0. The number of nitrogens with zero attached hydrogens (tertiary/aromatic N) is 1. The van der Waals surface area contributed by atoms with Crippen molar-refractivity contribution in [3.63, 3.8) is 0 Å². The number of rotatable bonds is 4. The van der Waals surface area contributed by atoms with Crippen molar-refractivity contribution in [3.8, 4) is 0 Å². The lowest BCUT2D eigenvalue weighted by molar-refractivity contribution is 0.0568. The number of carbonyl (C=O) groups excluding carboxylic acids is 1. The molecule has 3 nitrogen and oxygen atoms in total. The van der Waals surface area contributed by atoms with Crippen LogP contribution in [0, 0.1) is 11.2 Å². The fourth-order valence-electron chi connectivity index (χ4n) is 2.52. The molecule has 0 atom stereocenters. The second kappa shape index (κ2) is 5.06. The average molecular weight is 250 g/mol. The third-order valence-corrected chi connectivity index (χ3v) is 3.84. The van der Waals surface area contributed by atoms with E-state index in [1.807, 2.05) is 0 Å². The third-order valence-electron chi connectivity index (χ3n) is 3.84. The number of carbonyl (C=O) groups is 1. The molecule has 0 bridgehead atoms. The van der Waals surface area contributed by atoms with E-state index >= 15 is 0 Å². The zero-order valence-electron chi connectivity index (χ0n) is 10.7. The molecule has 0 heterocycles. The van der Waals surface area contributed by atoms with Crippen LogP contribution in [0.15, 0.2) is 24.3 Å². The van der Waals surface area contributed by atoms with Gasteiger partial charge in [0.2, 0.25) is 0 Å². The highest BCUT2D eigenvalue weighted by Gasteiger charge is 2.37. The molecular weight excluding hydrogens is 231 g/mol. The summed E-state index contributed by atoms with van der Waals surface area (Å²) in [5.41, 5.74) is 6.26. The molecule has 1 amide bonds. The standard InChI is InChI=1S/C14H19FN2O/c1-17(10-14(9-16)6-3-7-14)13(18)11-4-2-5-12(15)8-11/h2,4-5,8H,3,6-7,9-10,16H2,1H3. The van der Waals surface area contributed by atoms with E-state index in [9.17, 15) is 9.18 Å². The summed E-state index contributed by atoms with van der Waals surface area (Å²) in [4.78, 5) is 13.8. The van der Waals surface area contributed by atoms with Gasteiger partial charge in [0.05, 0.1) is 0 Å². The summed E-state index contributed by atoms with van der Waals surface area (Å²) in [6.45, 7) is 1.26. The first-order chi connectivity index (χ1) is 8.56. The van der Waals surface area contributed by atoms with Gasteiger partial charge in [-0.2, -0.15) is 0 Å². The molecule has 0 spiro atoms. The first kappa shape index (κ1) is 13.0. The molecule has 0 saturated heterocycles. The molecule has 0 aliphatic heterocycles. The minimum atomic E-state index is -0.383. The smallest absolute Gasteiger partial charge is 0.253 e. The highest BCUT2D eigenvalue weighted by Crippen LogP contribution is 2.40. The van der Waals surface area contributed by atoms with Gasteiger partial charge in [0, 0.05) is 24.6 Å². The van der Waals surface area contributed by atoms with Crippen LogP contribution in [0.5, 0.6) is 0 Å². The van der Waals surface area contributed by atoms with Gasteiger partial charge >= 0.3 is 0 Å². The second-order valence-corrected chi connectivity index (χ2v) is 5.23. The highest BCUT2D eigenvalue weighted by atomic mass is 19.1. The predicted octanol–water partition coefficient (Wildman–Crippen LogP) is 2.03. The lowest BCUT2D eigenvalue weighted by Crippen LogP contribution is -2.47. The lowest BCUT2D eigenvalue weighted by Gasteiger charge is -2.43. The minimum Gasteiger partial charge on any atom is -0.341 e. The van der Waals surface area contributed by atoms with Crippen LogP contribution in [0.2, 0.25) is 0 Å². The normalized spacial score (nSPS) is 17.1. The van der Waals surface area contributed by atoms with Crippen LogP contribution < -0.4 is 5.73 Å². The van der Waals surface area contributed by atoms with Gasteiger partial charge in [0.1, 0.15) is 5.82 Å². The van der Waals surface area contributed by atoms with Crippen molar-refractivity contribution >= 4 is 5.91 Å². The van der Waals surface area contributed by atoms with Crippen LogP contribution in [0.1, 0.15) is 29.6 Å². The molecule has 2 N–H and O–H groups in total. The van der Waals surface area contributed by atoms with Crippen molar-refractivity contribution in [1.82, 2.24) is 4.90 Å². The van der Waals surface area contributed by atoms with Crippen molar-refractivity contribution in [2.24, 2.45) is 11.1 Å².